The largest absolute Gasteiger partial charge is 0.372 e. The highest BCUT2D eigenvalue weighted by Gasteiger charge is 2.16. The summed E-state index contributed by atoms with van der Waals surface area (Å²) in [4.78, 5) is 28.3. The predicted octanol–water partition coefficient (Wildman–Crippen LogP) is 3.31. The maximum atomic E-state index is 12.7. The Morgan fingerprint density at radius 1 is 1.11 bits per heavy atom. The molecular weight excluding hydrogens is 444 g/mol. The molecule has 1 saturated heterocycles. The molecule has 0 radical (unpaired) electrons. The average molecular weight is 475 g/mol. The van der Waals surface area contributed by atoms with Gasteiger partial charge in [-0.05, 0) is 57.4 Å². The number of nitrogens with one attached hydrogen (secondary N) is 2. The maximum Gasteiger partial charge on any atom is 0.245 e. The third kappa shape index (κ3) is 4.88. The van der Waals surface area contributed by atoms with Crippen molar-refractivity contribution in [3.63, 3.8) is 0 Å². The van der Waals surface area contributed by atoms with Gasteiger partial charge in [0.05, 0.1) is 12.0 Å². The lowest BCUT2D eigenvalue weighted by atomic mass is 10.1. The molecule has 182 valence electrons. The summed E-state index contributed by atoms with van der Waals surface area (Å²) in [6.07, 6.45) is 5.35. The van der Waals surface area contributed by atoms with E-state index in [0.29, 0.717) is 29.3 Å². The zero-order valence-corrected chi connectivity index (χ0v) is 20.0. The summed E-state index contributed by atoms with van der Waals surface area (Å²) in [5.74, 6) is 1.05. The fourth-order valence-corrected chi connectivity index (χ4v) is 4.43. The third-order valence-electron chi connectivity index (χ3n) is 6.12. The third-order valence-corrected chi connectivity index (χ3v) is 6.12. The topological polar surface area (TPSA) is 132 Å². The molecule has 1 fully saturated rings. The summed E-state index contributed by atoms with van der Waals surface area (Å²) >= 11 is 0. The Bertz CT molecular complexity index is 1330. The Labute approximate surface area is 203 Å². The van der Waals surface area contributed by atoms with Crippen LogP contribution in [0.15, 0.2) is 36.7 Å². The van der Waals surface area contributed by atoms with E-state index in [1.807, 2.05) is 32.0 Å². The zero-order chi connectivity index (χ0) is 24.4. The minimum atomic E-state index is -0.209. The lowest BCUT2D eigenvalue weighted by Crippen LogP contribution is -2.29. The molecule has 0 spiro atoms. The summed E-state index contributed by atoms with van der Waals surface area (Å²) in [5.41, 5.74) is 9.97. The number of nitrogens with zero attached hydrogens (tertiary/aromatic N) is 7. The molecule has 4 aromatic rings. The molecule has 0 atom stereocenters. The normalized spacial score (nSPS) is 13.8. The molecule has 11 heteroatoms. The first-order chi connectivity index (χ1) is 17.0. The molecule has 1 aliphatic heterocycles. The van der Waals surface area contributed by atoms with Crippen molar-refractivity contribution in [2.45, 2.75) is 46.2 Å². The average Bonchev–Trinajstić information content (AvgIpc) is 3.42. The van der Waals surface area contributed by atoms with Gasteiger partial charge in [-0.3, -0.25) is 4.79 Å². The van der Waals surface area contributed by atoms with E-state index >= 15 is 0 Å². The molecule has 3 aromatic heterocycles. The number of fused-ring (bicyclic) bond motifs is 1. The minimum Gasteiger partial charge on any atom is -0.372 e. The van der Waals surface area contributed by atoms with Gasteiger partial charge in [0.1, 0.15) is 12.4 Å². The quantitative estimate of drug-likeness (QED) is 0.372. The predicted molar refractivity (Wildman–Crippen MR) is 137 cm³/mol. The number of hydrogen-bond acceptors (Lipinski definition) is 8. The fourth-order valence-electron chi connectivity index (χ4n) is 4.43. The fraction of sp³-hybridized carbons (Fsp3) is 0.375. The van der Waals surface area contributed by atoms with Crippen LogP contribution in [0.1, 0.15) is 31.9 Å². The second kappa shape index (κ2) is 9.61. The number of nitrogen functional groups attached to an aromatic ring is 1. The number of imidazole rings is 1. The summed E-state index contributed by atoms with van der Waals surface area (Å²) < 4.78 is 3.41. The van der Waals surface area contributed by atoms with Crippen molar-refractivity contribution in [3.05, 3.63) is 42.4 Å². The van der Waals surface area contributed by atoms with Crippen molar-refractivity contribution >= 4 is 46.0 Å². The molecule has 0 saturated carbocycles. The van der Waals surface area contributed by atoms with Crippen molar-refractivity contribution in [1.29, 1.82) is 0 Å². The molecule has 1 aliphatic rings. The highest BCUT2D eigenvalue weighted by Crippen LogP contribution is 2.26. The van der Waals surface area contributed by atoms with Crippen LogP contribution in [-0.4, -0.2) is 48.3 Å². The number of rotatable bonds is 7. The van der Waals surface area contributed by atoms with Crippen molar-refractivity contribution < 1.29 is 4.79 Å². The van der Waals surface area contributed by atoms with Gasteiger partial charge in [0.25, 0.3) is 0 Å². The van der Waals surface area contributed by atoms with Crippen molar-refractivity contribution in [3.8, 4) is 0 Å². The Kier molecular flexibility index (Phi) is 6.21. The van der Waals surface area contributed by atoms with Crippen LogP contribution in [0, 0.1) is 6.92 Å². The molecule has 1 amide bonds. The van der Waals surface area contributed by atoms with Crippen LogP contribution in [0.3, 0.4) is 0 Å². The van der Waals surface area contributed by atoms with Gasteiger partial charge in [0, 0.05) is 37.1 Å². The molecular formula is C24H30N10O. The lowest BCUT2D eigenvalue weighted by Gasteiger charge is -2.28. The van der Waals surface area contributed by atoms with E-state index in [1.54, 1.807) is 15.6 Å². The second-order valence-corrected chi connectivity index (χ2v) is 8.73. The second-order valence-electron chi connectivity index (χ2n) is 8.73. The summed E-state index contributed by atoms with van der Waals surface area (Å²) in [6, 6.07) is 10.1. The van der Waals surface area contributed by atoms with Gasteiger partial charge in [-0.25, -0.2) is 9.67 Å². The number of benzene rings is 1. The van der Waals surface area contributed by atoms with E-state index in [1.165, 1.54) is 24.9 Å². The lowest BCUT2D eigenvalue weighted by molar-refractivity contribution is -0.116. The number of carbonyl (C=O) groups excluding carboxylic acids is 1. The van der Waals surface area contributed by atoms with Crippen molar-refractivity contribution in [2.24, 2.45) is 0 Å². The van der Waals surface area contributed by atoms with E-state index in [0.717, 1.165) is 24.5 Å². The van der Waals surface area contributed by atoms with Gasteiger partial charge in [-0.2, -0.15) is 15.1 Å². The summed E-state index contributed by atoms with van der Waals surface area (Å²) in [6.45, 7) is 6.75. The number of piperidine rings is 1. The SMILES string of the molecule is CCn1nc(C)cc1NC(=O)Cn1cnc2c(Nc3ccc(N4CCCCC4)cc3)nc(N)nc21. The number of nitrogens with two attached hydrogens (primary N) is 1. The van der Waals surface area contributed by atoms with Gasteiger partial charge >= 0.3 is 0 Å². The highest BCUT2D eigenvalue weighted by atomic mass is 16.2. The first-order valence-corrected chi connectivity index (χ1v) is 11.9. The van der Waals surface area contributed by atoms with Gasteiger partial charge in [-0.1, -0.05) is 0 Å². The van der Waals surface area contributed by atoms with Crippen molar-refractivity contribution in [1.82, 2.24) is 29.3 Å². The number of amides is 1. The minimum absolute atomic E-state index is 0.0326. The Morgan fingerprint density at radius 2 is 1.89 bits per heavy atom. The van der Waals surface area contributed by atoms with E-state index in [-0.39, 0.29) is 18.4 Å². The Balaban J connectivity index is 1.33. The van der Waals surface area contributed by atoms with E-state index in [2.05, 4.69) is 47.7 Å². The number of anilines is 5. The molecule has 4 N–H and O–H groups in total. The zero-order valence-electron chi connectivity index (χ0n) is 20.0. The van der Waals surface area contributed by atoms with Crippen LogP contribution in [0.2, 0.25) is 0 Å². The summed E-state index contributed by atoms with van der Waals surface area (Å²) in [5, 5.41) is 10.6. The number of aromatic nitrogens is 6. The monoisotopic (exact) mass is 474 g/mol. The van der Waals surface area contributed by atoms with Crippen LogP contribution in [0.4, 0.5) is 29.0 Å². The first kappa shape index (κ1) is 22.6. The van der Waals surface area contributed by atoms with Gasteiger partial charge < -0.3 is 25.8 Å². The molecule has 0 bridgehead atoms. The molecule has 5 rings (SSSR count). The smallest absolute Gasteiger partial charge is 0.245 e. The molecule has 4 heterocycles. The Morgan fingerprint density at radius 3 is 2.63 bits per heavy atom. The van der Waals surface area contributed by atoms with E-state index in [4.69, 9.17) is 5.73 Å². The van der Waals surface area contributed by atoms with Gasteiger partial charge in [0.15, 0.2) is 17.0 Å². The van der Waals surface area contributed by atoms with Gasteiger partial charge in [-0.15, -0.1) is 0 Å². The number of carbonyl (C=O) groups is 1. The van der Waals surface area contributed by atoms with Crippen LogP contribution in [-0.2, 0) is 17.9 Å². The van der Waals surface area contributed by atoms with Crippen molar-refractivity contribution in [2.75, 3.05) is 34.4 Å². The standard InChI is InChI=1S/C24H30N10O/c1-3-34-19(13-16(2)31-34)28-20(35)14-33-15-26-21-22(29-24(25)30-23(21)33)27-17-7-9-18(10-8-17)32-11-5-4-6-12-32/h7-10,13,15H,3-6,11-12,14H2,1-2H3,(H,28,35)(H3,25,27,29,30). The highest BCUT2D eigenvalue weighted by molar-refractivity contribution is 5.92. The van der Waals surface area contributed by atoms with Crippen LogP contribution < -0.4 is 21.3 Å². The van der Waals surface area contributed by atoms with Crippen LogP contribution in [0.5, 0.6) is 0 Å². The number of hydrogen-bond donors (Lipinski definition) is 3. The Hall–Kier alpha value is -4.15. The molecule has 11 nitrogen and oxygen atoms in total. The molecule has 35 heavy (non-hydrogen) atoms. The van der Waals surface area contributed by atoms with E-state index < -0.39 is 0 Å². The molecule has 0 aliphatic carbocycles. The van der Waals surface area contributed by atoms with Gasteiger partial charge in [0.2, 0.25) is 11.9 Å². The maximum absolute atomic E-state index is 12.7. The molecule has 0 unspecified atom stereocenters. The van der Waals surface area contributed by atoms with Crippen LogP contribution >= 0.6 is 0 Å². The van der Waals surface area contributed by atoms with Crippen LogP contribution in [0.25, 0.3) is 11.2 Å². The summed E-state index contributed by atoms with van der Waals surface area (Å²) in [7, 11) is 0. The molecule has 1 aromatic carbocycles. The van der Waals surface area contributed by atoms with E-state index in [9.17, 15) is 4.79 Å². The number of aryl methyl sites for hydroxylation is 2. The first-order valence-electron chi connectivity index (χ1n) is 11.9.